The second-order valence-corrected chi connectivity index (χ2v) is 21.8. The topological polar surface area (TPSA) is 180 Å². The van der Waals surface area contributed by atoms with Crippen LogP contribution in [0.4, 0.5) is 16.3 Å². The van der Waals surface area contributed by atoms with Gasteiger partial charge in [0.2, 0.25) is 11.8 Å². The number of hydrogen-bond acceptors (Lipinski definition) is 11. The van der Waals surface area contributed by atoms with Crippen molar-refractivity contribution in [1.82, 2.24) is 25.1 Å². The van der Waals surface area contributed by atoms with Gasteiger partial charge in [-0.15, -0.1) is 0 Å². The highest BCUT2D eigenvalue weighted by Crippen LogP contribution is 2.43. The summed E-state index contributed by atoms with van der Waals surface area (Å²) in [5, 5.41) is 7.14. The number of hydrogen-bond donors (Lipinski definition) is 2. The van der Waals surface area contributed by atoms with Crippen LogP contribution >= 0.6 is 11.6 Å². The zero-order valence-corrected chi connectivity index (χ0v) is 40.8. The number of carbonyl (C=O) groups is 4. The summed E-state index contributed by atoms with van der Waals surface area (Å²) in [6, 6.07) is 13.9. The number of aromatic nitrogens is 2. The predicted octanol–water partition coefficient (Wildman–Crippen LogP) is 8.02. The maximum Gasteiger partial charge on any atom is 0.328 e. The molecule has 362 valence electrons. The number of rotatable bonds is 13. The van der Waals surface area contributed by atoms with Gasteiger partial charge in [0, 0.05) is 75.3 Å². The second kappa shape index (κ2) is 20.3. The number of piperidine rings is 2. The molecule has 4 aromatic rings. The fourth-order valence-corrected chi connectivity index (χ4v) is 12.8. The van der Waals surface area contributed by atoms with Crippen molar-refractivity contribution >= 4 is 67.6 Å². The van der Waals surface area contributed by atoms with E-state index in [1.807, 2.05) is 36.9 Å². The first-order valence-corrected chi connectivity index (χ1v) is 26.3. The lowest BCUT2D eigenvalue weighted by Gasteiger charge is -2.36. The second-order valence-electron chi connectivity index (χ2n) is 19.3. The van der Waals surface area contributed by atoms with Crippen LogP contribution in [-0.4, -0.2) is 111 Å². The molecule has 0 radical (unpaired) electrons. The van der Waals surface area contributed by atoms with Gasteiger partial charge in [-0.05, 0) is 143 Å². The fourth-order valence-electron chi connectivity index (χ4n) is 11.1. The molecule has 15 nitrogen and oxygen atoms in total. The molecule has 1 aliphatic carbocycles. The number of imide groups is 1. The molecule has 3 saturated heterocycles. The Morgan fingerprint density at radius 3 is 2.37 bits per heavy atom. The number of urea groups is 1. The number of nitrogens with zero attached hydrogens (tertiary/aromatic N) is 5. The van der Waals surface area contributed by atoms with Crippen LogP contribution in [0.3, 0.4) is 0 Å². The van der Waals surface area contributed by atoms with Crippen molar-refractivity contribution < 1.29 is 37.1 Å². The Hall–Kier alpha value is -5.32. The van der Waals surface area contributed by atoms with Gasteiger partial charge >= 0.3 is 6.03 Å². The maximum absolute atomic E-state index is 13.9. The van der Waals surface area contributed by atoms with Gasteiger partial charge in [-0.1, -0.05) is 23.7 Å². The van der Waals surface area contributed by atoms with Gasteiger partial charge in [0.1, 0.15) is 17.4 Å². The van der Waals surface area contributed by atoms with Crippen molar-refractivity contribution in [2.75, 3.05) is 69.0 Å². The zero-order valence-electron chi connectivity index (χ0n) is 39.2. The van der Waals surface area contributed by atoms with Crippen LogP contribution < -0.4 is 20.3 Å². The van der Waals surface area contributed by atoms with Crippen molar-refractivity contribution in [2.24, 2.45) is 17.8 Å². The van der Waals surface area contributed by atoms with Crippen molar-refractivity contribution in [3.8, 4) is 5.75 Å². The van der Waals surface area contributed by atoms with E-state index in [0.717, 1.165) is 104 Å². The predicted molar refractivity (Wildman–Crippen MR) is 260 cm³/mol. The van der Waals surface area contributed by atoms with Gasteiger partial charge in [-0.3, -0.25) is 24.6 Å². The third-order valence-corrected chi connectivity index (χ3v) is 17.1. The molecule has 0 spiro atoms. The fraction of sp³-hybridized carbons (Fsp3) is 0.529. The third-order valence-electron chi connectivity index (χ3n) is 15.0. The van der Waals surface area contributed by atoms with Crippen LogP contribution in [0, 0.1) is 24.7 Å². The zero-order chi connectivity index (χ0) is 47.7. The molecule has 4 aliphatic heterocycles. The lowest BCUT2D eigenvalue weighted by molar-refractivity contribution is -0.138. The number of sulfone groups is 1. The van der Waals surface area contributed by atoms with E-state index in [2.05, 4.69) is 21.6 Å². The molecular weight excluding hydrogens is 906 g/mol. The summed E-state index contributed by atoms with van der Waals surface area (Å²) in [6.45, 7) is 8.28. The number of likely N-dealkylation sites (tertiary alicyclic amines) is 2. The Labute approximate surface area is 403 Å². The minimum absolute atomic E-state index is 0.0132. The standard InChI is InChI=1S/C51H62ClN7O8S/c1-31(38-5-4-6-46-39(38)19-26-68(46,64)65)53-48-41-28-40(45(66-3)29-43(41)54-32(2)55-48)35-7-9-36(10-8-35)49(61)57-20-13-33(14-21-57)18-25-67-30-34-15-22-58(23-16-34)50(62)37-11-12-42(52)44(27-37)59-24-17-47(60)56-51(59)63/h4-6,11-12,27-29,31,33-36H,7-10,13-26,30H2,1-3H3,(H,53,54,55)(H,56,60,63)/t31-,35?,36?/m1/s1. The molecule has 0 bridgehead atoms. The highest BCUT2D eigenvalue weighted by molar-refractivity contribution is 7.91. The Balaban J connectivity index is 0.713. The number of methoxy groups -OCH3 is 1. The van der Waals surface area contributed by atoms with E-state index in [1.165, 1.54) is 4.90 Å². The van der Waals surface area contributed by atoms with E-state index in [-0.39, 0.29) is 54.3 Å². The average Bonchev–Trinajstić information content (AvgIpc) is 3.66. The van der Waals surface area contributed by atoms with E-state index in [1.54, 1.807) is 31.4 Å². The van der Waals surface area contributed by atoms with Crippen molar-refractivity contribution in [3.63, 3.8) is 0 Å². The number of anilines is 2. The first kappa shape index (κ1) is 47.7. The number of fused-ring (bicyclic) bond motifs is 2. The van der Waals surface area contributed by atoms with Crippen LogP contribution in [-0.2, 0) is 30.6 Å². The molecule has 4 fully saturated rings. The number of amides is 5. The summed E-state index contributed by atoms with van der Waals surface area (Å²) in [5.41, 5.74) is 4.59. The van der Waals surface area contributed by atoms with E-state index in [4.69, 9.17) is 31.0 Å². The first-order valence-electron chi connectivity index (χ1n) is 24.3. The normalized spacial score (nSPS) is 21.7. The van der Waals surface area contributed by atoms with E-state index in [0.29, 0.717) is 77.4 Å². The van der Waals surface area contributed by atoms with Gasteiger partial charge < -0.3 is 24.6 Å². The summed E-state index contributed by atoms with van der Waals surface area (Å²) in [6.07, 6.45) is 8.72. The molecule has 0 unspecified atom stereocenters. The van der Waals surface area contributed by atoms with Gasteiger partial charge in [-0.2, -0.15) is 0 Å². The molecule has 1 atom stereocenters. The van der Waals surface area contributed by atoms with Crippen LogP contribution in [0.1, 0.15) is 116 Å². The molecule has 5 aliphatic rings. The van der Waals surface area contributed by atoms with E-state index in [9.17, 15) is 27.6 Å². The van der Waals surface area contributed by atoms with E-state index >= 15 is 0 Å². The largest absolute Gasteiger partial charge is 0.496 e. The first-order chi connectivity index (χ1) is 32.8. The highest BCUT2D eigenvalue weighted by Gasteiger charge is 2.35. The molecule has 2 N–H and O–H groups in total. The van der Waals surface area contributed by atoms with Gasteiger partial charge in [0.25, 0.3) is 5.91 Å². The monoisotopic (exact) mass is 967 g/mol. The minimum Gasteiger partial charge on any atom is -0.496 e. The number of ether oxygens (including phenoxy) is 2. The Morgan fingerprint density at radius 1 is 0.897 bits per heavy atom. The molecule has 5 heterocycles. The van der Waals surface area contributed by atoms with Crippen molar-refractivity contribution in [3.05, 3.63) is 81.6 Å². The van der Waals surface area contributed by atoms with Crippen LogP contribution in [0.2, 0.25) is 5.02 Å². The van der Waals surface area contributed by atoms with Crippen LogP contribution in [0.5, 0.6) is 5.75 Å². The maximum atomic E-state index is 13.9. The van der Waals surface area contributed by atoms with Gasteiger partial charge in [0.15, 0.2) is 9.84 Å². The number of benzene rings is 3. The van der Waals surface area contributed by atoms with Gasteiger partial charge in [0.05, 0.1) is 40.0 Å². The van der Waals surface area contributed by atoms with Gasteiger partial charge in [-0.25, -0.2) is 23.2 Å². The SMILES string of the molecule is COc1cc2nc(C)nc(N[C@H](C)c3cccc4c3CCS4(=O)=O)c2cc1C1CCC(C(=O)N2CCC(CCOCC3CCN(C(=O)c4ccc(Cl)c(N5CCC(=O)NC5=O)c4)CC3)CC2)CC1. The Kier molecular flexibility index (Phi) is 14.3. The smallest absolute Gasteiger partial charge is 0.328 e. The Morgan fingerprint density at radius 2 is 1.63 bits per heavy atom. The quantitative estimate of drug-likeness (QED) is 0.124. The number of aryl methyl sites for hydroxylation is 1. The van der Waals surface area contributed by atoms with E-state index < -0.39 is 15.9 Å². The molecule has 68 heavy (non-hydrogen) atoms. The summed E-state index contributed by atoms with van der Waals surface area (Å²) in [4.78, 5) is 66.7. The molecular formula is C51H62ClN7O8S. The van der Waals surface area contributed by atoms with Crippen LogP contribution in [0.15, 0.2) is 53.4 Å². The molecule has 1 aromatic heterocycles. The highest BCUT2D eigenvalue weighted by atomic mass is 35.5. The molecule has 3 aromatic carbocycles. The summed E-state index contributed by atoms with van der Waals surface area (Å²) < 4.78 is 37.5. The molecule has 1 saturated carbocycles. The number of halogens is 1. The number of nitrogens with one attached hydrogen (secondary N) is 2. The third kappa shape index (κ3) is 10.2. The minimum atomic E-state index is -3.26. The van der Waals surface area contributed by atoms with Crippen LogP contribution in [0.25, 0.3) is 10.9 Å². The molecule has 5 amide bonds. The molecule has 9 rings (SSSR count). The summed E-state index contributed by atoms with van der Waals surface area (Å²) in [7, 11) is -1.56. The lowest BCUT2D eigenvalue weighted by Crippen LogP contribution is -2.49. The summed E-state index contributed by atoms with van der Waals surface area (Å²) >= 11 is 6.40. The molecule has 17 heteroatoms. The Bertz CT molecular complexity index is 2690. The van der Waals surface area contributed by atoms with Crippen molar-refractivity contribution in [2.45, 2.75) is 101 Å². The summed E-state index contributed by atoms with van der Waals surface area (Å²) in [5.74, 6) is 3.23. The van der Waals surface area contributed by atoms with Crippen molar-refractivity contribution in [1.29, 1.82) is 0 Å². The number of carbonyl (C=O) groups excluding carboxylic acids is 4. The lowest BCUT2D eigenvalue weighted by atomic mass is 9.77. The average molecular weight is 969 g/mol.